The Morgan fingerprint density at radius 3 is 2.59 bits per heavy atom. The third-order valence-electron chi connectivity index (χ3n) is 4.63. The predicted octanol–water partition coefficient (Wildman–Crippen LogP) is 2.55. The smallest absolute Gasteiger partial charge is 0.293 e. The molecular weight excluding hydrogens is 348 g/mol. The van der Waals surface area contributed by atoms with Crippen LogP contribution in [0.25, 0.3) is 0 Å². The van der Waals surface area contributed by atoms with E-state index in [1.807, 2.05) is 35.2 Å². The van der Waals surface area contributed by atoms with Crippen LogP contribution in [0.3, 0.4) is 0 Å². The zero-order valence-corrected chi connectivity index (χ0v) is 14.6. The highest BCUT2D eigenvalue weighted by atomic mass is 16.6. The maximum Gasteiger partial charge on any atom is 0.293 e. The van der Waals surface area contributed by atoms with Gasteiger partial charge in [0.15, 0.2) is 0 Å². The largest absolute Gasteiger partial charge is 0.366 e. The molecule has 0 radical (unpaired) electrons. The number of nitro groups is 1. The normalized spacial score (nSPS) is 16.6. The molecule has 2 aromatic rings. The summed E-state index contributed by atoms with van der Waals surface area (Å²) < 4.78 is 0. The van der Waals surface area contributed by atoms with Gasteiger partial charge in [-0.2, -0.15) is 0 Å². The first kappa shape index (κ1) is 18.4. The minimum atomic E-state index is -0.719. The zero-order valence-electron chi connectivity index (χ0n) is 14.6. The number of piperidine rings is 1. The van der Waals surface area contributed by atoms with Crippen LogP contribution in [-0.4, -0.2) is 29.8 Å². The van der Waals surface area contributed by atoms with Crippen LogP contribution in [0.1, 0.15) is 23.2 Å². The third kappa shape index (κ3) is 4.22. The third-order valence-corrected chi connectivity index (χ3v) is 4.63. The number of para-hydroxylation sites is 1. The summed E-state index contributed by atoms with van der Waals surface area (Å²) in [6, 6.07) is 13.4. The summed E-state index contributed by atoms with van der Waals surface area (Å²) in [4.78, 5) is 36.6. The average Bonchev–Trinajstić information content (AvgIpc) is 2.68. The molecule has 1 aliphatic rings. The van der Waals surface area contributed by atoms with Gasteiger partial charge < -0.3 is 16.0 Å². The van der Waals surface area contributed by atoms with Gasteiger partial charge in [0.2, 0.25) is 11.8 Å². The number of anilines is 2. The molecule has 0 bridgehead atoms. The topological polar surface area (TPSA) is 119 Å². The van der Waals surface area contributed by atoms with Crippen LogP contribution in [0.2, 0.25) is 0 Å². The summed E-state index contributed by atoms with van der Waals surface area (Å²) in [5.74, 6) is -1.11. The van der Waals surface area contributed by atoms with Gasteiger partial charge in [-0.05, 0) is 37.1 Å². The first-order chi connectivity index (χ1) is 13.0. The minimum absolute atomic E-state index is 0.0841. The summed E-state index contributed by atoms with van der Waals surface area (Å²) in [5.41, 5.74) is 6.23. The lowest BCUT2D eigenvalue weighted by molar-refractivity contribution is -0.384. The number of amides is 2. The van der Waals surface area contributed by atoms with Crippen LogP contribution < -0.4 is 16.0 Å². The van der Waals surface area contributed by atoms with E-state index in [0.717, 1.165) is 12.1 Å². The van der Waals surface area contributed by atoms with E-state index in [-0.39, 0.29) is 23.1 Å². The number of hydrogen-bond donors (Lipinski definition) is 2. The Morgan fingerprint density at radius 2 is 1.93 bits per heavy atom. The van der Waals surface area contributed by atoms with E-state index >= 15 is 0 Å². The number of nitrogens with zero attached hydrogens (tertiary/aromatic N) is 2. The summed E-state index contributed by atoms with van der Waals surface area (Å²) in [7, 11) is 0. The Bertz CT molecular complexity index is 869. The molecule has 27 heavy (non-hydrogen) atoms. The Balaban J connectivity index is 1.79. The Morgan fingerprint density at radius 1 is 1.19 bits per heavy atom. The highest BCUT2D eigenvalue weighted by Gasteiger charge is 2.29. The molecule has 8 nitrogen and oxygen atoms in total. The zero-order chi connectivity index (χ0) is 19.4. The molecule has 8 heteroatoms. The van der Waals surface area contributed by atoms with E-state index in [2.05, 4.69) is 5.32 Å². The molecule has 2 aromatic carbocycles. The molecule has 1 unspecified atom stereocenters. The van der Waals surface area contributed by atoms with E-state index in [9.17, 15) is 19.7 Å². The van der Waals surface area contributed by atoms with Gasteiger partial charge in [0, 0.05) is 30.4 Å². The number of primary amides is 1. The highest BCUT2D eigenvalue weighted by Crippen LogP contribution is 2.32. The molecule has 0 aliphatic carbocycles. The van der Waals surface area contributed by atoms with Gasteiger partial charge in [0.25, 0.3) is 5.69 Å². The van der Waals surface area contributed by atoms with Crippen LogP contribution in [0.5, 0.6) is 0 Å². The number of nitrogens with two attached hydrogens (primary N) is 1. The molecule has 3 rings (SSSR count). The van der Waals surface area contributed by atoms with Gasteiger partial charge in [0.1, 0.15) is 5.69 Å². The molecular formula is C19H20N4O4. The average molecular weight is 368 g/mol. The number of carbonyl (C=O) groups is 2. The lowest BCUT2D eigenvalue weighted by atomic mass is 9.96. The van der Waals surface area contributed by atoms with Gasteiger partial charge in [-0.15, -0.1) is 0 Å². The monoisotopic (exact) mass is 368 g/mol. The van der Waals surface area contributed by atoms with Gasteiger partial charge >= 0.3 is 0 Å². The second-order valence-electron chi connectivity index (χ2n) is 6.47. The number of nitro benzene ring substituents is 1. The Labute approximate surface area is 156 Å². The summed E-state index contributed by atoms with van der Waals surface area (Å²) in [5, 5.41) is 14.3. The number of hydrogen-bond acceptors (Lipinski definition) is 5. The SMILES string of the molecule is NC(=O)c1ccc(N2CCCC(C(=O)Nc3ccccc3)C2)c([N+](=O)[O-])c1. The Kier molecular flexibility index (Phi) is 5.35. The summed E-state index contributed by atoms with van der Waals surface area (Å²) in [6.45, 7) is 0.974. The lowest BCUT2D eigenvalue weighted by Crippen LogP contribution is -2.41. The fourth-order valence-electron chi connectivity index (χ4n) is 3.27. The van der Waals surface area contributed by atoms with Gasteiger partial charge in [-0.1, -0.05) is 18.2 Å². The quantitative estimate of drug-likeness (QED) is 0.621. The molecule has 1 heterocycles. The molecule has 0 saturated carbocycles. The predicted molar refractivity (Wildman–Crippen MR) is 102 cm³/mol. The first-order valence-electron chi connectivity index (χ1n) is 8.65. The van der Waals surface area contributed by atoms with Crippen LogP contribution in [0, 0.1) is 16.0 Å². The van der Waals surface area contributed by atoms with Crippen molar-refractivity contribution in [1.29, 1.82) is 0 Å². The molecule has 2 amide bonds. The van der Waals surface area contributed by atoms with Crippen molar-refractivity contribution in [3.8, 4) is 0 Å². The number of rotatable bonds is 5. The van der Waals surface area contributed by atoms with Gasteiger partial charge in [0.05, 0.1) is 10.8 Å². The maximum atomic E-state index is 12.6. The van der Waals surface area contributed by atoms with Crippen molar-refractivity contribution >= 4 is 28.9 Å². The maximum absolute atomic E-state index is 12.6. The lowest BCUT2D eigenvalue weighted by Gasteiger charge is -2.33. The molecule has 0 spiro atoms. The van der Waals surface area contributed by atoms with Crippen molar-refractivity contribution in [2.75, 3.05) is 23.3 Å². The van der Waals surface area contributed by atoms with Crippen molar-refractivity contribution in [2.45, 2.75) is 12.8 Å². The minimum Gasteiger partial charge on any atom is -0.366 e. The van der Waals surface area contributed by atoms with Crippen molar-refractivity contribution in [3.05, 3.63) is 64.2 Å². The van der Waals surface area contributed by atoms with Gasteiger partial charge in [-0.3, -0.25) is 19.7 Å². The second-order valence-corrected chi connectivity index (χ2v) is 6.47. The van der Waals surface area contributed by atoms with Crippen molar-refractivity contribution in [2.24, 2.45) is 11.7 Å². The highest BCUT2D eigenvalue weighted by molar-refractivity contribution is 5.95. The van der Waals surface area contributed by atoms with Gasteiger partial charge in [-0.25, -0.2) is 0 Å². The summed E-state index contributed by atoms with van der Waals surface area (Å²) >= 11 is 0. The molecule has 140 valence electrons. The van der Waals surface area contributed by atoms with E-state index in [1.54, 1.807) is 0 Å². The number of nitrogens with one attached hydrogen (secondary N) is 1. The van der Waals surface area contributed by atoms with Crippen molar-refractivity contribution in [3.63, 3.8) is 0 Å². The van der Waals surface area contributed by atoms with Crippen LogP contribution >= 0.6 is 0 Å². The van der Waals surface area contributed by atoms with Crippen LogP contribution in [-0.2, 0) is 4.79 Å². The first-order valence-corrected chi connectivity index (χ1v) is 8.65. The molecule has 1 saturated heterocycles. The molecule has 1 fully saturated rings. The standard InChI is InChI=1S/C19H20N4O4/c20-18(24)13-8-9-16(17(11-13)23(26)27)22-10-4-5-14(12-22)19(25)21-15-6-2-1-3-7-15/h1-3,6-9,11,14H,4-5,10,12H2,(H2,20,24)(H,21,25). The van der Waals surface area contributed by atoms with E-state index in [4.69, 9.17) is 5.73 Å². The molecule has 1 aliphatic heterocycles. The second kappa shape index (κ2) is 7.86. The number of carbonyl (C=O) groups excluding carboxylic acids is 2. The fraction of sp³-hybridized carbons (Fsp3) is 0.263. The number of benzene rings is 2. The molecule has 1 atom stereocenters. The summed E-state index contributed by atoms with van der Waals surface area (Å²) in [6.07, 6.45) is 1.45. The molecule has 3 N–H and O–H groups in total. The fourth-order valence-corrected chi connectivity index (χ4v) is 3.27. The van der Waals surface area contributed by atoms with Crippen molar-refractivity contribution < 1.29 is 14.5 Å². The van der Waals surface area contributed by atoms with Crippen LogP contribution in [0.15, 0.2) is 48.5 Å². The van der Waals surface area contributed by atoms with E-state index in [0.29, 0.717) is 25.2 Å². The van der Waals surface area contributed by atoms with E-state index < -0.39 is 10.8 Å². The van der Waals surface area contributed by atoms with E-state index in [1.165, 1.54) is 18.2 Å². The van der Waals surface area contributed by atoms with Crippen LogP contribution in [0.4, 0.5) is 17.1 Å². The van der Waals surface area contributed by atoms with Crippen molar-refractivity contribution in [1.82, 2.24) is 0 Å². The Hall–Kier alpha value is -3.42. The molecule has 0 aromatic heterocycles.